The lowest BCUT2D eigenvalue weighted by Crippen LogP contribution is -2.60. The van der Waals surface area contributed by atoms with Gasteiger partial charge >= 0.3 is 5.97 Å². The molecular formula is C46H75N15O11. The lowest BCUT2D eigenvalue weighted by molar-refractivity contribution is -0.144. The molecule has 0 saturated carbocycles. The molecule has 3 rings (SSSR count). The first-order valence-electron chi connectivity index (χ1n) is 24.3. The molecule has 19 N–H and O–H groups in total. The number of carbonyl (C=O) groups excluding carboxylic acids is 8. The highest BCUT2D eigenvalue weighted by molar-refractivity contribution is 5.98. The fraction of sp³-hybridized carbons (Fsp3) is 0.630. The number of aliphatic imine (C=N–C) groups is 2. The number of aliphatic hydroxyl groups excluding tert-OH is 1. The number of benzene rings is 1. The number of amides is 7. The summed E-state index contributed by atoms with van der Waals surface area (Å²) in [6.07, 6.45) is 1.04. The van der Waals surface area contributed by atoms with Crippen LogP contribution in [-0.4, -0.2) is 173 Å². The first kappa shape index (κ1) is 59.4. The molecule has 400 valence electrons. The molecule has 0 unspecified atom stereocenters. The number of nitrogens with zero attached hydrogens (tertiary/aromatic N) is 4. The van der Waals surface area contributed by atoms with Gasteiger partial charge in [-0.05, 0) is 75.7 Å². The Morgan fingerprint density at radius 2 is 1.19 bits per heavy atom. The van der Waals surface area contributed by atoms with Crippen LogP contribution in [0.25, 0.3) is 0 Å². The van der Waals surface area contributed by atoms with E-state index in [2.05, 4.69) is 36.6 Å². The molecule has 0 radical (unpaired) electrons. The minimum Gasteiger partial charge on any atom is -0.481 e. The molecule has 0 bridgehead atoms. The highest BCUT2D eigenvalue weighted by Gasteiger charge is 2.42. The summed E-state index contributed by atoms with van der Waals surface area (Å²) < 4.78 is 0. The predicted octanol–water partition coefficient (Wildman–Crippen LogP) is -4.50. The number of rotatable bonds is 30. The largest absolute Gasteiger partial charge is 0.481 e. The van der Waals surface area contributed by atoms with Crippen molar-refractivity contribution in [3.63, 3.8) is 0 Å². The number of nitrogens with two attached hydrogens (primary N) is 6. The Morgan fingerprint density at radius 1 is 0.694 bits per heavy atom. The van der Waals surface area contributed by atoms with Gasteiger partial charge in [-0.3, -0.25) is 53.1 Å². The number of likely N-dealkylation sites (tertiary alicyclic amines) is 2. The monoisotopic (exact) mass is 1010 g/mol. The van der Waals surface area contributed by atoms with Gasteiger partial charge in [0.25, 0.3) is 0 Å². The highest BCUT2D eigenvalue weighted by atomic mass is 16.4. The number of hydrogen-bond donors (Lipinski definition) is 13. The summed E-state index contributed by atoms with van der Waals surface area (Å²) in [5, 5.41) is 32.6. The van der Waals surface area contributed by atoms with Gasteiger partial charge in [-0.2, -0.15) is 0 Å². The lowest BCUT2D eigenvalue weighted by Gasteiger charge is -2.32. The average Bonchev–Trinajstić information content (AvgIpc) is 4.06. The molecule has 7 amide bonds. The molecule has 2 fully saturated rings. The van der Waals surface area contributed by atoms with E-state index in [-0.39, 0.29) is 89.6 Å². The molecule has 9 atom stereocenters. The zero-order valence-corrected chi connectivity index (χ0v) is 41.1. The molecule has 2 aliphatic heterocycles. The van der Waals surface area contributed by atoms with Gasteiger partial charge in [0.1, 0.15) is 42.3 Å². The normalized spacial score (nSPS) is 18.2. The van der Waals surface area contributed by atoms with Crippen LogP contribution in [0, 0.1) is 5.92 Å². The van der Waals surface area contributed by atoms with Crippen molar-refractivity contribution in [1.29, 1.82) is 0 Å². The zero-order chi connectivity index (χ0) is 53.5. The van der Waals surface area contributed by atoms with Crippen LogP contribution in [0.4, 0.5) is 0 Å². The van der Waals surface area contributed by atoms with Gasteiger partial charge in [0, 0.05) is 32.6 Å². The minimum absolute atomic E-state index is 0.0254. The highest BCUT2D eigenvalue weighted by Crippen LogP contribution is 2.22. The van der Waals surface area contributed by atoms with E-state index in [4.69, 9.17) is 34.4 Å². The summed E-state index contributed by atoms with van der Waals surface area (Å²) in [6, 6.07) is -0.863. The smallest absolute Gasteiger partial charge is 0.303 e. The fourth-order valence-corrected chi connectivity index (χ4v) is 8.43. The van der Waals surface area contributed by atoms with Gasteiger partial charge < -0.3 is 81.0 Å². The summed E-state index contributed by atoms with van der Waals surface area (Å²) in [6.45, 7) is 2.86. The van der Waals surface area contributed by atoms with Gasteiger partial charge in [-0.15, -0.1) is 0 Å². The molecule has 1 aromatic carbocycles. The third-order valence-electron chi connectivity index (χ3n) is 12.6. The van der Waals surface area contributed by atoms with Crippen molar-refractivity contribution in [3.8, 4) is 0 Å². The molecule has 0 aromatic heterocycles. The van der Waals surface area contributed by atoms with Gasteiger partial charge in [-0.25, -0.2) is 0 Å². The zero-order valence-electron chi connectivity index (χ0n) is 41.1. The Bertz CT molecular complexity index is 2090. The van der Waals surface area contributed by atoms with E-state index in [1.165, 1.54) is 9.80 Å². The third-order valence-corrected chi connectivity index (χ3v) is 12.6. The van der Waals surface area contributed by atoms with E-state index < -0.39 is 127 Å². The van der Waals surface area contributed by atoms with Gasteiger partial charge in [-0.1, -0.05) is 50.6 Å². The second-order valence-corrected chi connectivity index (χ2v) is 18.0. The molecule has 26 heteroatoms. The molecule has 0 spiro atoms. The Kier molecular flexibility index (Phi) is 24.8. The number of aliphatic carboxylic acids is 1. The second-order valence-electron chi connectivity index (χ2n) is 18.0. The number of carbonyl (C=O) groups is 9. The Balaban J connectivity index is 1.86. The van der Waals surface area contributed by atoms with E-state index in [1.807, 2.05) is 0 Å². The average molecular weight is 1010 g/mol. The summed E-state index contributed by atoms with van der Waals surface area (Å²) in [5.41, 5.74) is 34.1. The number of nitrogens with one attached hydrogen (secondary N) is 5. The number of Topliss-reactive ketones (excluding diaryl/α,β-unsaturated/α-hetero) is 1. The molecule has 1 aromatic rings. The summed E-state index contributed by atoms with van der Waals surface area (Å²) in [4.78, 5) is 133. The van der Waals surface area contributed by atoms with E-state index >= 15 is 0 Å². The predicted molar refractivity (Wildman–Crippen MR) is 265 cm³/mol. The van der Waals surface area contributed by atoms with Crippen molar-refractivity contribution in [2.75, 3.05) is 39.3 Å². The number of guanidine groups is 2. The van der Waals surface area contributed by atoms with Crippen LogP contribution >= 0.6 is 0 Å². The maximum Gasteiger partial charge on any atom is 0.303 e. The fourth-order valence-electron chi connectivity index (χ4n) is 8.43. The topological polar surface area (TPSA) is 442 Å². The van der Waals surface area contributed by atoms with Crippen LogP contribution in [0.5, 0.6) is 0 Å². The van der Waals surface area contributed by atoms with E-state index in [0.717, 1.165) is 5.56 Å². The van der Waals surface area contributed by atoms with E-state index in [1.54, 1.807) is 44.2 Å². The third kappa shape index (κ3) is 18.7. The van der Waals surface area contributed by atoms with Crippen LogP contribution in [-0.2, 0) is 49.6 Å². The molecule has 2 saturated heterocycles. The molecule has 2 aliphatic rings. The quantitative estimate of drug-likeness (QED) is 0.0196. The molecule has 72 heavy (non-hydrogen) atoms. The number of ketones is 1. The van der Waals surface area contributed by atoms with Crippen molar-refractivity contribution in [1.82, 2.24) is 36.4 Å². The molecule has 0 aliphatic carbocycles. The number of hydrogen-bond acceptors (Lipinski definition) is 14. The van der Waals surface area contributed by atoms with Crippen molar-refractivity contribution in [2.24, 2.45) is 50.3 Å². The van der Waals surface area contributed by atoms with Crippen LogP contribution < -0.4 is 61.0 Å². The van der Waals surface area contributed by atoms with Crippen LogP contribution in [0.1, 0.15) is 90.0 Å². The second kappa shape index (κ2) is 30.1. The Hall–Kier alpha value is -6.93. The summed E-state index contributed by atoms with van der Waals surface area (Å²) in [7, 11) is 0. The first-order chi connectivity index (χ1) is 34.2. The number of carboxylic acid groups (broad SMARTS) is 1. The van der Waals surface area contributed by atoms with Gasteiger partial charge in [0.05, 0.1) is 19.2 Å². The van der Waals surface area contributed by atoms with Crippen molar-refractivity contribution in [3.05, 3.63) is 35.9 Å². The summed E-state index contributed by atoms with van der Waals surface area (Å²) >= 11 is 0. The molecular weight excluding hydrogens is 939 g/mol. The molecule has 26 nitrogen and oxygen atoms in total. The SMILES string of the molecule is CC[C@H](C)[C@H](NC(=O)[C@@H]1CCCN1C(=O)[C@H](CCC(=O)O)NC(=O)[C@H](CCCN=C(N)N)NC(=O)[C@@H]1CCCN1C(=O)[C@@H](N)CO)C(=O)N[C@@H](CCCN=C(N)N)C(=O)N[C@@H](Cc1ccccc1)C(=O)CN. The first-order valence-corrected chi connectivity index (χ1v) is 24.3. The molecule has 2 heterocycles. The lowest BCUT2D eigenvalue weighted by atomic mass is 9.96. The van der Waals surface area contributed by atoms with Crippen molar-refractivity contribution in [2.45, 2.75) is 139 Å². The van der Waals surface area contributed by atoms with Gasteiger partial charge in [0.15, 0.2) is 17.7 Å². The maximum absolute atomic E-state index is 14.4. The summed E-state index contributed by atoms with van der Waals surface area (Å²) in [5.74, 6) is -7.81. The minimum atomic E-state index is -1.50. The van der Waals surface area contributed by atoms with E-state index in [0.29, 0.717) is 19.3 Å². The van der Waals surface area contributed by atoms with Crippen LogP contribution in [0.2, 0.25) is 0 Å². The van der Waals surface area contributed by atoms with Crippen LogP contribution in [0.15, 0.2) is 40.3 Å². The van der Waals surface area contributed by atoms with Crippen molar-refractivity contribution < 1.29 is 53.4 Å². The number of carboxylic acids is 1. The standard InChI is InChI=1S/C46H75N15O11/c1-3-26(2)37(42(70)56-30(14-8-20-54-46(51)52)39(67)58-32(35(63)24-47)23-27-11-5-4-6-12-27)59-41(69)34-16-10-22-61(34)44(72)31(17-18-36(64)65)57-38(66)29(13-7-19-53-45(49)50)55-40(68)33-15-9-21-60(33)43(71)28(48)25-62/h4-6,11-12,26,28-34,37,62H,3,7-10,13-25,47-48H2,1-2H3,(H,55,68)(H,56,70)(H,57,66)(H,58,67)(H,59,69)(H,64,65)(H4,49,50,53)(H4,51,52,54)/t26-,28-,29-,30-,31-,32-,33-,34-,37-/m0/s1. The van der Waals surface area contributed by atoms with Crippen LogP contribution in [0.3, 0.4) is 0 Å². The Morgan fingerprint density at radius 3 is 1.69 bits per heavy atom. The maximum atomic E-state index is 14.4. The van der Waals surface area contributed by atoms with Crippen molar-refractivity contribution >= 4 is 65.0 Å². The van der Waals surface area contributed by atoms with E-state index in [9.17, 15) is 53.4 Å². The number of aliphatic hydroxyl groups is 1. The Labute approximate surface area is 418 Å². The van der Waals surface area contributed by atoms with Gasteiger partial charge in [0.2, 0.25) is 41.4 Å².